The lowest BCUT2D eigenvalue weighted by atomic mass is 10.3. The molecule has 2 aromatic rings. The first-order valence-corrected chi connectivity index (χ1v) is 6.85. The van der Waals surface area contributed by atoms with E-state index in [-0.39, 0.29) is 11.4 Å². The number of sulfonamides is 1. The van der Waals surface area contributed by atoms with Gasteiger partial charge < -0.3 is 10.8 Å². The molecular formula is C12H10F2N2O3S. The smallest absolute Gasteiger partial charge is 0.264 e. The van der Waals surface area contributed by atoms with Gasteiger partial charge >= 0.3 is 0 Å². The van der Waals surface area contributed by atoms with E-state index in [1.807, 2.05) is 0 Å². The van der Waals surface area contributed by atoms with Crippen molar-refractivity contribution in [2.75, 3.05) is 10.5 Å². The van der Waals surface area contributed by atoms with E-state index in [9.17, 15) is 22.3 Å². The van der Waals surface area contributed by atoms with E-state index in [2.05, 4.69) is 4.72 Å². The van der Waals surface area contributed by atoms with Gasteiger partial charge in [0, 0.05) is 6.07 Å². The normalized spacial score (nSPS) is 11.3. The largest absolute Gasteiger partial charge is 0.508 e. The molecule has 20 heavy (non-hydrogen) atoms. The van der Waals surface area contributed by atoms with Crippen molar-refractivity contribution >= 4 is 21.4 Å². The summed E-state index contributed by atoms with van der Waals surface area (Å²) in [6.07, 6.45) is 0. The van der Waals surface area contributed by atoms with Crippen LogP contribution in [0.15, 0.2) is 41.3 Å². The van der Waals surface area contributed by atoms with Gasteiger partial charge in [-0.2, -0.15) is 0 Å². The number of halogens is 2. The van der Waals surface area contributed by atoms with E-state index in [1.165, 1.54) is 18.2 Å². The molecule has 2 aromatic carbocycles. The molecule has 4 N–H and O–H groups in total. The molecule has 0 aromatic heterocycles. The Morgan fingerprint density at radius 3 is 2.50 bits per heavy atom. The summed E-state index contributed by atoms with van der Waals surface area (Å²) in [6.45, 7) is 0. The van der Waals surface area contributed by atoms with Crippen LogP contribution in [0.3, 0.4) is 0 Å². The monoisotopic (exact) mass is 300 g/mol. The fourth-order valence-corrected chi connectivity index (χ4v) is 2.68. The van der Waals surface area contributed by atoms with Crippen LogP contribution in [-0.4, -0.2) is 13.5 Å². The highest BCUT2D eigenvalue weighted by atomic mass is 32.2. The topological polar surface area (TPSA) is 92.4 Å². The number of anilines is 2. The Morgan fingerprint density at radius 2 is 1.85 bits per heavy atom. The van der Waals surface area contributed by atoms with Crippen LogP contribution in [0.2, 0.25) is 0 Å². The van der Waals surface area contributed by atoms with Crippen LogP contribution in [0, 0.1) is 11.6 Å². The van der Waals surface area contributed by atoms with E-state index >= 15 is 0 Å². The van der Waals surface area contributed by atoms with Crippen molar-refractivity contribution < 1.29 is 22.3 Å². The van der Waals surface area contributed by atoms with Crippen LogP contribution in [0.25, 0.3) is 0 Å². The van der Waals surface area contributed by atoms with Crippen LogP contribution in [0.5, 0.6) is 5.75 Å². The highest BCUT2D eigenvalue weighted by molar-refractivity contribution is 7.92. The van der Waals surface area contributed by atoms with Crippen molar-refractivity contribution in [1.29, 1.82) is 0 Å². The Labute approximate surface area is 113 Å². The van der Waals surface area contributed by atoms with E-state index in [1.54, 1.807) is 0 Å². The maximum atomic E-state index is 13.7. The van der Waals surface area contributed by atoms with Gasteiger partial charge in [0.15, 0.2) is 5.82 Å². The van der Waals surface area contributed by atoms with Gasteiger partial charge in [-0.15, -0.1) is 0 Å². The summed E-state index contributed by atoms with van der Waals surface area (Å²) >= 11 is 0. The number of phenols is 1. The minimum Gasteiger partial charge on any atom is -0.508 e. The van der Waals surface area contributed by atoms with Gasteiger partial charge in [-0.3, -0.25) is 4.72 Å². The molecule has 106 valence electrons. The fraction of sp³-hybridized carbons (Fsp3) is 0. The zero-order valence-corrected chi connectivity index (χ0v) is 10.8. The van der Waals surface area contributed by atoms with Crippen molar-refractivity contribution in [2.24, 2.45) is 0 Å². The molecule has 0 radical (unpaired) electrons. The zero-order chi connectivity index (χ0) is 14.9. The Balaban J connectivity index is 2.44. The van der Waals surface area contributed by atoms with Gasteiger partial charge in [0.05, 0.1) is 5.69 Å². The molecular weight excluding hydrogens is 290 g/mol. The van der Waals surface area contributed by atoms with Gasteiger partial charge in [-0.05, 0) is 24.3 Å². The van der Waals surface area contributed by atoms with Crippen molar-refractivity contribution in [2.45, 2.75) is 4.90 Å². The minimum atomic E-state index is -4.28. The second-order valence-corrected chi connectivity index (χ2v) is 5.58. The Kier molecular flexibility index (Phi) is 3.49. The van der Waals surface area contributed by atoms with Crippen molar-refractivity contribution in [1.82, 2.24) is 0 Å². The molecule has 0 unspecified atom stereocenters. The fourth-order valence-electron chi connectivity index (χ4n) is 1.54. The van der Waals surface area contributed by atoms with Crippen LogP contribution in [0.4, 0.5) is 20.2 Å². The second-order valence-electron chi connectivity index (χ2n) is 3.93. The first-order valence-electron chi connectivity index (χ1n) is 5.36. The number of rotatable bonds is 3. The third-order valence-electron chi connectivity index (χ3n) is 2.48. The van der Waals surface area contributed by atoms with E-state index in [4.69, 9.17) is 5.73 Å². The Hall–Kier alpha value is -2.35. The lowest BCUT2D eigenvalue weighted by molar-refractivity contribution is 0.475. The molecule has 0 aliphatic rings. The third kappa shape index (κ3) is 2.64. The summed E-state index contributed by atoms with van der Waals surface area (Å²) in [5, 5.41) is 9.24. The summed E-state index contributed by atoms with van der Waals surface area (Å²) < 4.78 is 52.8. The van der Waals surface area contributed by atoms with Crippen LogP contribution in [0.1, 0.15) is 0 Å². The van der Waals surface area contributed by atoms with Crippen LogP contribution >= 0.6 is 0 Å². The molecule has 0 spiro atoms. The SMILES string of the molecule is Nc1c(F)ccc(S(=O)(=O)Nc2cccc(O)c2)c1F. The predicted molar refractivity (Wildman–Crippen MR) is 69.7 cm³/mol. The first kappa shape index (κ1) is 14.1. The Bertz CT molecular complexity index is 763. The summed E-state index contributed by atoms with van der Waals surface area (Å²) in [4.78, 5) is -0.778. The molecule has 0 atom stereocenters. The van der Waals surface area contributed by atoms with Crippen molar-refractivity contribution in [3.05, 3.63) is 48.0 Å². The maximum absolute atomic E-state index is 13.7. The molecule has 0 saturated carbocycles. The summed E-state index contributed by atoms with van der Waals surface area (Å²) in [5.74, 6) is -2.57. The minimum absolute atomic E-state index is 0.0345. The lowest BCUT2D eigenvalue weighted by Gasteiger charge is -2.10. The molecule has 0 saturated heterocycles. The second kappa shape index (κ2) is 4.97. The van der Waals surface area contributed by atoms with Gasteiger partial charge in [-0.25, -0.2) is 17.2 Å². The molecule has 0 amide bonds. The standard InChI is InChI=1S/C12H10F2N2O3S/c13-9-4-5-10(11(14)12(9)15)20(18,19)16-7-2-1-3-8(17)6-7/h1-6,16-17H,15H2. The zero-order valence-electron chi connectivity index (χ0n) is 9.97. The number of nitrogens with two attached hydrogens (primary N) is 1. The van der Waals surface area contributed by atoms with Gasteiger partial charge in [0.2, 0.25) is 0 Å². The highest BCUT2D eigenvalue weighted by Crippen LogP contribution is 2.25. The average molecular weight is 300 g/mol. The van der Waals surface area contributed by atoms with Crippen molar-refractivity contribution in [3.63, 3.8) is 0 Å². The molecule has 0 aliphatic heterocycles. The predicted octanol–water partition coefficient (Wildman–Crippen LogP) is 2.05. The number of phenolic OH excluding ortho intramolecular Hbond substituents is 1. The molecule has 0 aliphatic carbocycles. The molecule has 2 rings (SSSR count). The number of aromatic hydroxyl groups is 1. The number of hydrogen-bond acceptors (Lipinski definition) is 4. The van der Waals surface area contributed by atoms with Crippen molar-refractivity contribution in [3.8, 4) is 5.75 Å². The average Bonchev–Trinajstić information content (AvgIpc) is 2.35. The van der Waals surface area contributed by atoms with Crippen LogP contribution < -0.4 is 10.5 Å². The molecule has 0 bridgehead atoms. The summed E-state index contributed by atoms with van der Waals surface area (Å²) in [5.41, 5.74) is 4.28. The van der Waals surface area contributed by atoms with Gasteiger partial charge in [0.25, 0.3) is 10.0 Å². The number of hydrogen-bond donors (Lipinski definition) is 3. The molecule has 5 nitrogen and oxygen atoms in total. The first-order chi connectivity index (χ1) is 9.31. The maximum Gasteiger partial charge on any atom is 0.264 e. The van der Waals surface area contributed by atoms with Gasteiger partial charge in [0.1, 0.15) is 22.1 Å². The molecule has 8 heteroatoms. The third-order valence-corrected chi connectivity index (χ3v) is 3.88. The molecule has 0 fully saturated rings. The quantitative estimate of drug-likeness (QED) is 0.756. The van der Waals surface area contributed by atoms with E-state index < -0.39 is 32.2 Å². The number of nitrogen functional groups attached to an aromatic ring is 1. The Morgan fingerprint density at radius 1 is 1.15 bits per heavy atom. The number of benzene rings is 2. The highest BCUT2D eigenvalue weighted by Gasteiger charge is 2.22. The number of nitrogens with one attached hydrogen (secondary N) is 1. The molecule has 0 heterocycles. The van der Waals surface area contributed by atoms with E-state index in [0.717, 1.165) is 18.2 Å². The summed E-state index contributed by atoms with van der Waals surface area (Å²) in [6, 6.07) is 6.78. The van der Waals surface area contributed by atoms with Gasteiger partial charge in [-0.1, -0.05) is 6.07 Å². The van der Waals surface area contributed by atoms with Crippen LogP contribution in [-0.2, 0) is 10.0 Å². The summed E-state index contributed by atoms with van der Waals surface area (Å²) in [7, 11) is -4.28. The lowest BCUT2D eigenvalue weighted by Crippen LogP contribution is -2.15. The van der Waals surface area contributed by atoms with E-state index in [0.29, 0.717) is 0 Å².